The summed E-state index contributed by atoms with van der Waals surface area (Å²) in [6.45, 7) is 0. The van der Waals surface area contributed by atoms with Gasteiger partial charge in [-0.25, -0.2) is 10.4 Å². The van der Waals surface area contributed by atoms with Crippen molar-refractivity contribution in [2.45, 2.75) is 18.5 Å². The molecular weight excluding hydrogens is 312 g/mol. The number of alkyl halides is 6. The Hall–Kier alpha value is -1.48. The van der Waals surface area contributed by atoms with Crippen LogP contribution in [0.25, 0.3) is 0 Å². The van der Waals surface area contributed by atoms with Crippen LogP contribution in [-0.4, -0.2) is 6.34 Å². The van der Waals surface area contributed by atoms with Gasteiger partial charge in [-0.05, 0) is 17.7 Å². The van der Waals surface area contributed by atoms with Crippen LogP contribution in [-0.2, 0) is 12.4 Å². The van der Waals surface area contributed by atoms with Gasteiger partial charge < -0.3 is 5.43 Å². The van der Waals surface area contributed by atoms with Crippen molar-refractivity contribution in [2.75, 3.05) is 0 Å². The monoisotopic (exact) mass is 317 g/mol. The van der Waals surface area contributed by atoms with E-state index >= 15 is 0 Å². The zero-order valence-corrected chi connectivity index (χ0v) is 10.2. The summed E-state index contributed by atoms with van der Waals surface area (Å²) in [6, 6.07) is 1.08. The van der Waals surface area contributed by atoms with Crippen molar-refractivity contribution in [1.29, 1.82) is 0 Å². The average molecular weight is 318 g/mol. The van der Waals surface area contributed by atoms with Gasteiger partial charge in [0.1, 0.15) is 6.17 Å². The highest BCUT2D eigenvalue weighted by atomic mass is 35.5. The molecule has 0 spiro atoms. The van der Waals surface area contributed by atoms with Crippen molar-refractivity contribution in [3.63, 3.8) is 0 Å². The van der Waals surface area contributed by atoms with Crippen molar-refractivity contribution >= 4 is 17.9 Å². The van der Waals surface area contributed by atoms with Gasteiger partial charge >= 0.3 is 12.4 Å². The van der Waals surface area contributed by atoms with Crippen LogP contribution in [0.15, 0.2) is 17.1 Å². The summed E-state index contributed by atoms with van der Waals surface area (Å²) in [4.78, 5) is 3.66. The fourth-order valence-electron chi connectivity index (χ4n) is 1.65. The van der Waals surface area contributed by atoms with E-state index in [-0.39, 0.29) is 5.56 Å². The summed E-state index contributed by atoms with van der Waals surface area (Å²) >= 11 is 5.24. The molecule has 1 aliphatic rings. The smallest absolute Gasteiger partial charge is 0.310 e. The molecular formula is C10H6ClF6N3. The van der Waals surface area contributed by atoms with Crippen molar-refractivity contribution in [1.82, 2.24) is 10.9 Å². The van der Waals surface area contributed by atoms with E-state index in [0.29, 0.717) is 12.1 Å². The van der Waals surface area contributed by atoms with Crippen LogP contribution in [0, 0.1) is 0 Å². The largest absolute Gasteiger partial charge is 0.417 e. The van der Waals surface area contributed by atoms with Gasteiger partial charge in [0.2, 0.25) is 0 Å². The van der Waals surface area contributed by atoms with Crippen LogP contribution in [0.4, 0.5) is 26.3 Å². The molecule has 1 aliphatic heterocycles. The molecule has 0 amide bonds. The van der Waals surface area contributed by atoms with Crippen LogP contribution in [0.2, 0.25) is 5.02 Å². The molecule has 0 saturated heterocycles. The Morgan fingerprint density at radius 2 is 1.50 bits per heavy atom. The molecule has 1 aromatic rings. The Labute approximate surface area is 113 Å². The number of nitrogens with one attached hydrogen (secondary N) is 2. The number of hydrogen-bond donors (Lipinski definition) is 2. The number of hydrazine groups is 1. The first-order valence-corrected chi connectivity index (χ1v) is 5.49. The Morgan fingerprint density at radius 1 is 1.00 bits per heavy atom. The lowest BCUT2D eigenvalue weighted by Gasteiger charge is -2.18. The topological polar surface area (TPSA) is 36.4 Å². The third-order valence-corrected chi connectivity index (χ3v) is 2.94. The maximum atomic E-state index is 12.8. The van der Waals surface area contributed by atoms with Gasteiger partial charge in [-0.2, -0.15) is 26.3 Å². The van der Waals surface area contributed by atoms with Gasteiger partial charge in [0.25, 0.3) is 0 Å². The van der Waals surface area contributed by atoms with E-state index < -0.39 is 34.7 Å². The molecule has 1 heterocycles. The summed E-state index contributed by atoms with van der Waals surface area (Å²) in [5.74, 6) is 0. The number of aliphatic imine (C=N–C) groups is 1. The zero-order chi connectivity index (χ0) is 15.1. The van der Waals surface area contributed by atoms with Crippen LogP contribution in [0.5, 0.6) is 0 Å². The lowest BCUT2D eigenvalue weighted by atomic mass is 10.0. The second-order valence-electron chi connectivity index (χ2n) is 3.89. The predicted octanol–water partition coefficient (Wildman–Crippen LogP) is 3.51. The molecule has 3 nitrogen and oxygen atoms in total. The van der Waals surface area contributed by atoms with Crippen LogP contribution in [0.3, 0.4) is 0 Å². The number of halogens is 7. The molecule has 0 fully saturated rings. The van der Waals surface area contributed by atoms with E-state index in [4.69, 9.17) is 11.6 Å². The van der Waals surface area contributed by atoms with Crippen LogP contribution in [0.1, 0.15) is 22.9 Å². The highest BCUT2D eigenvalue weighted by molar-refractivity contribution is 6.32. The van der Waals surface area contributed by atoms with E-state index in [1.807, 2.05) is 0 Å². The van der Waals surface area contributed by atoms with Crippen molar-refractivity contribution < 1.29 is 26.3 Å². The average Bonchev–Trinajstić information content (AvgIpc) is 2.79. The van der Waals surface area contributed by atoms with Gasteiger partial charge in [-0.1, -0.05) is 11.6 Å². The molecule has 1 unspecified atom stereocenters. The molecule has 0 radical (unpaired) electrons. The minimum absolute atomic E-state index is 0.296. The standard InChI is InChI=1S/C10H6ClF6N3/c11-7-5(9(12,13)14)1-4(8-18-3-19-20-8)2-6(7)10(15,16)17/h1-3,8,20H,(H,18,19). The predicted molar refractivity (Wildman–Crippen MR) is 59.0 cm³/mol. The molecule has 0 saturated carbocycles. The molecule has 0 bridgehead atoms. The molecule has 10 heteroatoms. The number of rotatable bonds is 1. The third kappa shape index (κ3) is 2.83. The fourth-order valence-corrected chi connectivity index (χ4v) is 1.98. The molecule has 20 heavy (non-hydrogen) atoms. The van der Waals surface area contributed by atoms with E-state index in [0.717, 1.165) is 6.34 Å². The van der Waals surface area contributed by atoms with E-state index in [1.54, 1.807) is 0 Å². The second-order valence-corrected chi connectivity index (χ2v) is 4.27. The van der Waals surface area contributed by atoms with Crippen molar-refractivity contribution in [3.05, 3.63) is 33.8 Å². The first kappa shape index (κ1) is 14.9. The van der Waals surface area contributed by atoms with E-state index in [1.165, 1.54) is 0 Å². The minimum Gasteiger partial charge on any atom is -0.310 e. The number of benzene rings is 1. The van der Waals surface area contributed by atoms with Gasteiger partial charge in [0, 0.05) is 0 Å². The first-order valence-electron chi connectivity index (χ1n) is 5.11. The van der Waals surface area contributed by atoms with Crippen molar-refractivity contribution in [2.24, 2.45) is 4.99 Å². The molecule has 2 rings (SSSR count). The summed E-state index contributed by atoms with van der Waals surface area (Å²) in [7, 11) is 0. The highest BCUT2D eigenvalue weighted by Gasteiger charge is 2.41. The van der Waals surface area contributed by atoms with Gasteiger partial charge in [-0.3, -0.25) is 0 Å². The van der Waals surface area contributed by atoms with Crippen LogP contribution >= 0.6 is 11.6 Å². The number of hydrogen-bond acceptors (Lipinski definition) is 3. The lowest BCUT2D eigenvalue weighted by Crippen LogP contribution is -2.26. The Kier molecular flexibility index (Phi) is 3.59. The minimum atomic E-state index is -5.00. The molecule has 1 aromatic carbocycles. The molecule has 0 aliphatic carbocycles. The van der Waals surface area contributed by atoms with E-state index in [9.17, 15) is 26.3 Å². The SMILES string of the molecule is FC(F)(F)c1cc(C2N=CNN2)cc(C(F)(F)F)c1Cl. The molecule has 0 aromatic heterocycles. The third-order valence-electron chi connectivity index (χ3n) is 2.53. The first-order chi connectivity index (χ1) is 9.10. The Bertz CT molecular complexity index is 516. The van der Waals surface area contributed by atoms with Gasteiger partial charge in [-0.15, -0.1) is 0 Å². The Balaban J connectivity index is 2.63. The summed E-state index contributed by atoms with van der Waals surface area (Å²) in [6.07, 6.45) is -9.92. The summed E-state index contributed by atoms with van der Waals surface area (Å²) in [5.41, 5.74) is 1.37. The van der Waals surface area contributed by atoms with E-state index in [2.05, 4.69) is 15.8 Å². The van der Waals surface area contributed by atoms with Gasteiger partial charge in [0.05, 0.1) is 22.5 Å². The van der Waals surface area contributed by atoms with Gasteiger partial charge in [0.15, 0.2) is 0 Å². The van der Waals surface area contributed by atoms with Crippen molar-refractivity contribution in [3.8, 4) is 0 Å². The zero-order valence-electron chi connectivity index (χ0n) is 9.40. The Morgan fingerprint density at radius 3 is 1.85 bits per heavy atom. The highest BCUT2D eigenvalue weighted by Crippen LogP contribution is 2.43. The second kappa shape index (κ2) is 4.81. The molecule has 1 atom stereocenters. The summed E-state index contributed by atoms with van der Waals surface area (Å²) in [5, 5.41) is -1.37. The summed E-state index contributed by atoms with van der Waals surface area (Å²) < 4.78 is 76.5. The molecule has 110 valence electrons. The van der Waals surface area contributed by atoms with Crippen LogP contribution < -0.4 is 10.9 Å². The lowest BCUT2D eigenvalue weighted by molar-refractivity contribution is -0.143. The molecule has 2 N–H and O–H groups in total. The maximum absolute atomic E-state index is 12.8. The maximum Gasteiger partial charge on any atom is 0.417 e. The fraction of sp³-hybridized carbons (Fsp3) is 0.300. The normalized spacial score (nSPS) is 19.2. The quantitative estimate of drug-likeness (QED) is 0.778. The number of nitrogens with zero attached hydrogens (tertiary/aromatic N) is 1.